The Morgan fingerprint density at radius 1 is 1.23 bits per heavy atom. The predicted molar refractivity (Wildman–Crippen MR) is 87.9 cm³/mol. The second-order valence-corrected chi connectivity index (χ2v) is 6.25. The number of benzene rings is 1. The largest absolute Gasteiger partial charge is 0.331 e. The Bertz CT molecular complexity index is 569. The van der Waals surface area contributed by atoms with Crippen molar-refractivity contribution in [2.45, 2.75) is 26.7 Å². The number of aryl methyl sites for hydroxylation is 2. The molecule has 1 fully saturated rings. The van der Waals surface area contributed by atoms with Crippen molar-refractivity contribution in [3.8, 4) is 0 Å². The Hall–Kier alpha value is -2.04. The highest BCUT2D eigenvalue weighted by Crippen LogP contribution is 2.20. The quantitative estimate of drug-likeness (QED) is 0.913. The second-order valence-electron chi connectivity index (χ2n) is 6.25. The van der Waals surface area contributed by atoms with Gasteiger partial charge in [0.1, 0.15) is 0 Å². The number of nitrogens with zero attached hydrogens (tertiary/aromatic N) is 2. The molecule has 1 heterocycles. The number of amides is 3. The highest BCUT2D eigenvalue weighted by Gasteiger charge is 2.29. The maximum atomic E-state index is 12.4. The summed E-state index contributed by atoms with van der Waals surface area (Å²) < 4.78 is 0. The molecule has 1 aliphatic rings. The molecule has 0 bridgehead atoms. The van der Waals surface area contributed by atoms with Gasteiger partial charge in [0, 0.05) is 32.9 Å². The minimum absolute atomic E-state index is 0.000454. The zero-order valence-electron chi connectivity index (χ0n) is 13.8. The van der Waals surface area contributed by atoms with Crippen molar-refractivity contribution in [1.29, 1.82) is 0 Å². The van der Waals surface area contributed by atoms with Gasteiger partial charge in [0.2, 0.25) is 5.91 Å². The molecular formula is C17H25N3O2. The van der Waals surface area contributed by atoms with Crippen LogP contribution in [0.2, 0.25) is 0 Å². The molecular weight excluding hydrogens is 278 g/mol. The van der Waals surface area contributed by atoms with Gasteiger partial charge in [-0.15, -0.1) is 0 Å². The van der Waals surface area contributed by atoms with Crippen LogP contribution in [0.3, 0.4) is 0 Å². The third-order valence-electron chi connectivity index (χ3n) is 4.22. The molecule has 0 aromatic heterocycles. The highest BCUT2D eigenvalue weighted by molar-refractivity contribution is 5.93. The van der Waals surface area contributed by atoms with E-state index < -0.39 is 0 Å². The van der Waals surface area contributed by atoms with Crippen LogP contribution in [0.4, 0.5) is 10.5 Å². The normalized spacial score (nSPS) is 18.0. The first-order valence-electron chi connectivity index (χ1n) is 7.73. The topological polar surface area (TPSA) is 52.7 Å². The first kappa shape index (κ1) is 16.3. The zero-order chi connectivity index (χ0) is 16.3. The van der Waals surface area contributed by atoms with Gasteiger partial charge in [0.05, 0.1) is 5.92 Å². The first-order valence-corrected chi connectivity index (χ1v) is 7.73. The lowest BCUT2D eigenvalue weighted by atomic mass is 9.97. The van der Waals surface area contributed by atoms with E-state index in [0.29, 0.717) is 6.54 Å². The summed E-state index contributed by atoms with van der Waals surface area (Å²) in [4.78, 5) is 27.8. The van der Waals surface area contributed by atoms with Crippen molar-refractivity contribution in [3.63, 3.8) is 0 Å². The standard InChI is InChI=1S/C17H25N3O2/c1-12-7-8-15(10-13(12)2)18-16(21)14-6-5-9-20(11-14)17(22)19(3)4/h7-8,10,14H,5-6,9,11H2,1-4H3,(H,18,21)/t14-/m0/s1. The van der Waals surface area contributed by atoms with Crippen LogP contribution in [0, 0.1) is 19.8 Å². The molecule has 1 atom stereocenters. The fraction of sp³-hybridized carbons (Fsp3) is 0.529. The molecule has 2 rings (SSSR count). The molecule has 1 aromatic rings. The van der Waals surface area contributed by atoms with E-state index in [4.69, 9.17) is 0 Å². The minimum atomic E-state index is -0.140. The smallest absolute Gasteiger partial charge is 0.319 e. The van der Waals surface area contributed by atoms with Gasteiger partial charge < -0.3 is 15.1 Å². The number of hydrogen-bond donors (Lipinski definition) is 1. The van der Waals surface area contributed by atoms with Gasteiger partial charge >= 0.3 is 6.03 Å². The number of hydrogen-bond acceptors (Lipinski definition) is 2. The fourth-order valence-electron chi connectivity index (χ4n) is 2.71. The lowest BCUT2D eigenvalue weighted by Crippen LogP contribution is -2.47. The van der Waals surface area contributed by atoms with Crippen LogP contribution in [0.15, 0.2) is 18.2 Å². The minimum Gasteiger partial charge on any atom is -0.331 e. The summed E-state index contributed by atoms with van der Waals surface area (Å²) in [6.07, 6.45) is 1.69. The van der Waals surface area contributed by atoms with E-state index in [0.717, 1.165) is 30.6 Å². The number of rotatable bonds is 2. The Morgan fingerprint density at radius 2 is 1.95 bits per heavy atom. The van der Waals surface area contributed by atoms with Crippen LogP contribution >= 0.6 is 0 Å². The maximum Gasteiger partial charge on any atom is 0.319 e. The summed E-state index contributed by atoms with van der Waals surface area (Å²) in [6, 6.07) is 5.89. The van der Waals surface area contributed by atoms with Gasteiger partial charge in [-0.1, -0.05) is 6.07 Å². The molecule has 3 amide bonds. The van der Waals surface area contributed by atoms with Crippen LogP contribution < -0.4 is 5.32 Å². The van der Waals surface area contributed by atoms with E-state index in [1.807, 2.05) is 32.0 Å². The molecule has 0 unspecified atom stereocenters. The SMILES string of the molecule is Cc1ccc(NC(=O)[C@H]2CCCN(C(=O)N(C)C)C2)cc1C. The molecule has 1 N–H and O–H groups in total. The number of carbonyl (C=O) groups is 2. The molecule has 22 heavy (non-hydrogen) atoms. The predicted octanol–water partition coefficient (Wildman–Crippen LogP) is 2.64. The second kappa shape index (κ2) is 6.81. The molecule has 120 valence electrons. The van der Waals surface area contributed by atoms with Gasteiger partial charge in [-0.3, -0.25) is 4.79 Å². The molecule has 1 saturated heterocycles. The Labute approximate surface area is 132 Å². The average molecular weight is 303 g/mol. The molecule has 0 aliphatic carbocycles. The van der Waals surface area contributed by atoms with Gasteiger partial charge in [-0.25, -0.2) is 4.79 Å². The van der Waals surface area contributed by atoms with E-state index in [1.54, 1.807) is 23.9 Å². The van der Waals surface area contributed by atoms with E-state index in [-0.39, 0.29) is 17.9 Å². The lowest BCUT2D eigenvalue weighted by Gasteiger charge is -2.33. The first-order chi connectivity index (χ1) is 10.4. The summed E-state index contributed by atoms with van der Waals surface area (Å²) in [6.45, 7) is 5.30. The molecule has 0 saturated carbocycles. The van der Waals surface area contributed by atoms with Crippen molar-refractivity contribution < 1.29 is 9.59 Å². The molecule has 1 aliphatic heterocycles. The average Bonchev–Trinajstić information content (AvgIpc) is 2.50. The number of urea groups is 1. The Balaban J connectivity index is 1.99. The van der Waals surface area contributed by atoms with Crippen molar-refractivity contribution in [2.24, 2.45) is 5.92 Å². The monoisotopic (exact) mass is 303 g/mol. The number of nitrogens with one attached hydrogen (secondary N) is 1. The molecule has 5 nitrogen and oxygen atoms in total. The summed E-state index contributed by atoms with van der Waals surface area (Å²) in [5.74, 6) is -0.140. The Kier molecular flexibility index (Phi) is 5.06. The van der Waals surface area contributed by atoms with E-state index >= 15 is 0 Å². The molecule has 5 heteroatoms. The third-order valence-corrected chi connectivity index (χ3v) is 4.22. The third kappa shape index (κ3) is 3.78. The zero-order valence-corrected chi connectivity index (χ0v) is 13.8. The van der Waals surface area contributed by atoms with Crippen molar-refractivity contribution >= 4 is 17.6 Å². The number of piperidine rings is 1. The fourth-order valence-corrected chi connectivity index (χ4v) is 2.71. The molecule has 0 spiro atoms. The molecule has 0 radical (unpaired) electrons. The highest BCUT2D eigenvalue weighted by atomic mass is 16.2. The van der Waals surface area contributed by atoms with Crippen molar-refractivity contribution in [3.05, 3.63) is 29.3 Å². The van der Waals surface area contributed by atoms with Crippen LogP contribution in [-0.4, -0.2) is 48.9 Å². The van der Waals surface area contributed by atoms with Gasteiger partial charge in [0.15, 0.2) is 0 Å². The van der Waals surface area contributed by atoms with Crippen LogP contribution in [-0.2, 0) is 4.79 Å². The lowest BCUT2D eigenvalue weighted by molar-refractivity contribution is -0.121. The molecule has 1 aromatic carbocycles. The summed E-state index contributed by atoms with van der Waals surface area (Å²) >= 11 is 0. The van der Waals surface area contributed by atoms with Crippen LogP contribution in [0.25, 0.3) is 0 Å². The van der Waals surface area contributed by atoms with Crippen LogP contribution in [0.1, 0.15) is 24.0 Å². The summed E-state index contributed by atoms with van der Waals surface area (Å²) in [5, 5.41) is 2.98. The van der Waals surface area contributed by atoms with Gasteiger partial charge in [0.25, 0.3) is 0 Å². The van der Waals surface area contributed by atoms with Crippen molar-refractivity contribution in [2.75, 3.05) is 32.5 Å². The number of likely N-dealkylation sites (tertiary alicyclic amines) is 1. The van der Waals surface area contributed by atoms with Gasteiger partial charge in [-0.05, 0) is 49.9 Å². The van der Waals surface area contributed by atoms with Crippen molar-refractivity contribution in [1.82, 2.24) is 9.80 Å². The number of carbonyl (C=O) groups excluding carboxylic acids is 2. The Morgan fingerprint density at radius 3 is 2.59 bits per heavy atom. The van der Waals surface area contributed by atoms with E-state index in [9.17, 15) is 9.59 Å². The summed E-state index contributed by atoms with van der Waals surface area (Å²) in [7, 11) is 3.47. The van der Waals surface area contributed by atoms with Crippen LogP contribution in [0.5, 0.6) is 0 Å². The van der Waals surface area contributed by atoms with E-state index in [1.165, 1.54) is 5.56 Å². The van der Waals surface area contributed by atoms with E-state index in [2.05, 4.69) is 5.32 Å². The summed E-state index contributed by atoms with van der Waals surface area (Å²) in [5.41, 5.74) is 3.19. The number of anilines is 1. The maximum absolute atomic E-state index is 12.4. The van der Waals surface area contributed by atoms with Gasteiger partial charge in [-0.2, -0.15) is 0 Å².